The van der Waals surface area contributed by atoms with E-state index in [1.165, 1.54) is 24.3 Å². The third kappa shape index (κ3) is 4.71. The summed E-state index contributed by atoms with van der Waals surface area (Å²) >= 11 is 0. The lowest BCUT2D eigenvalue weighted by Crippen LogP contribution is -2.39. The second-order valence-electron chi connectivity index (χ2n) is 7.11. The number of hydrogen-bond donors (Lipinski definition) is 1. The van der Waals surface area contributed by atoms with E-state index < -0.39 is 17.6 Å². The minimum absolute atomic E-state index is 0.0577. The van der Waals surface area contributed by atoms with Gasteiger partial charge in [-0.25, -0.2) is 0 Å². The number of hydrogen-bond acceptors (Lipinski definition) is 2. The number of rotatable bonds is 3. The van der Waals surface area contributed by atoms with Crippen molar-refractivity contribution >= 4 is 17.5 Å². The predicted molar refractivity (Wildman–Crippen MR) is 100 cm³/mol. The maximum Gasteiger partial charge on any atom is 0.416 e. The number of amides is 2. The molecule has 0 aliphatic carbocycles. The van der Waals surface area contributed by atoms with Crippen LogP contribution in [0.5, 0.6) is 0 Å². The smallest absolute Gasteiger partial charge is 0.338 e. The lowest BCUT2D eigenvalue weighted by Gasteiger charge is -2.31. The molecule has 0 radical (unpaired) electrons. The molecule has 1 saturated heterocycles. The summed E-state index contributed by atoms with van der Waals surface area (Å²) in [6, 6.07) is 10.6. The van der Waals surface area contributed by atoms with E-state index in [-0.39, 0.29) is 17.2 Å². The molecule has 2 aromatic carbocycles. The first-order valence-corrected chi connectivity index (χ1v) is 9.12. The van der Waals surface area contributed by atoms with Crippen LogP contribution in [-0.4, -0.2) is 29.8 Å². The van der Waals surface area contributed by atoms with Crippen LogP contribution in [-0.2, 0) is 6.18 Å². The Labute approximate surface area is 161 Å². The number of nitrogens with zero attached hydrogens (tertiary/aromatic N) is 1. The molecule has 1 atom stereocenters. The SMILES string of the molecule is CC1CCCN(C(=O)c2ccc(C(=O)Nc3cccc(C(F)(F)F)c3)cc2)C1. The van der Waals surface area contributed by atoms with Crippen LogP contribution in [0.1, 0.15) is 46.0 Å². The highest BCUT2D eigenvalue weighted by Gasteiger charge is 2.30. The molecule has 0 saturated carbocycles. The van der Waals surface area contributed by atoms with Gasteiger partial charge in [-0.3, -0.25) is 9.59 Å². The van der Waals surface area contributed by atoms with Crippen LogP contribution < -0.4 is 5.32 Å². The fourth-order valence-electron chi connectivity index (χ4n) is 3.30. The molecular weight excluding hydrogens is 369 g/mol. The van der Waals surface area contributed by atoms with E-state index in [2.05, 4.69) is 12.2 Å². The highest BCUT2D eigenvalue weighted by Crippen LogP contribution is 2.30. The maximum absolute atomic E-state index is 12.8. The van der Waals surface area contributed by atoms with Crippen molar-refractivity contribution in [2.24, 2.45) is 5.92 Å². The van der Waals surface area contributed by atoms with Gasteiger partial charge in [0, 0.05) is 29.9 Å². The summed E-state index contributed by atoms with van der Waals surface area (Å²) in [6.07, 6.45) is -2.39. The van der Waals surface area contributed by atoms with Crippen LogP contribution in [0.15, 0.2) is 48.5 Å². The molecule has 3 rings (SSSR count). The average Bonchev–Trinajstić information content (AvgIpc) is 2.67. The van der Waals surface area contributed by atoms with E-state index in [0.29, 0.717) is 11.5 Å². The fourth-order valence-corrected chi connectivity index (χ4v) is 3.30. The number of likely N-dealkylation sites (tertiary alicyclic amines) is 1. The van der Waals surface area contributed by atoms with E-state index in [1.54, 1.807) is 12.1 Å². The summed E-state index contributed by atoms with van der Waals surface area (Å²) < 4.78 is 38.3. The largest absolute Gasteiger partial charge is 0.416 e. The lowest BCUT2D eigenvalue weighted by molar-refractivity contribution is -0.137. The molecule has 1 aliphatic rings. The molecular formula is C21H21F3N2O2. The second kappa shape index (κ2) is 8.04. The highest BCUT2D eigenvalue weighted by molar-refractivity contribution is 6.05. The van der Waals surface area contributed by atoms with Gasteiger partial charge in [0.1, 0.15) is 0 Å². The van der Waals surface area contributed by atoms with E-state index in [9.17, 15) is 22.8 Å². The van der Waals surface area contributed by atoms with E-state index >= 15 is 0 Å². The van der Waals surface area contributed by atoms with Crippen molar-refractivity contribution in [1.82, 2.24) is 4.90 Å². The van der Waals surface area contributed by atoms with Gasteiger partial charge in [-0.2, -0.15) is 13.2 Å². The number of carbonyl (C=O) groups excluding carboxylic acids is 2. The molecule has 1 aliphatic heterocycles. The molecule has 0 spiro atoms. The number of alkyl halides is 3. The van der Waals surface area contributed by atoms with Crippen LogP contribution >= 0.6 is 0 Å². The molecule has 0 aromatic heterocycles. The molecule has 1 fully saturated rings. The van der Waals surface area contributed by atoms with Crippen molar-refractivity contribution in [2.75, 3.05) is 18.4 Å². The topological polar surface area (TPSA) is 49.4 Å². The van der Waals surface area contributed by atoms with Crippen molar-refractivity contribution in [1.29, 1.82) is 0 Å². The van der Waals surface area contributed by atoms with Gasteiger partial charge >= 0.3 is 6.18 Å². The van der Waals surface area contributed by atoms with Gasteiger partial charge in [0.05, 0.1) is 5.56 Å². The van der Waals surface area contributed by atoms with Crippen molar-refractivity contribution in [2.45, 2.75) is 25.9 Å². The summed E-state index contributed by atoms with van der Waals surface area (Å²) in [5.41, 5.74) is -0.0185. The van der Waals surface area contributed by atoms with Gasteiger partial charge < -0.3 is 10.2 Å². The first kappa shape index (κ1) is 19.9. The van der Waals surface area contributed by atoms with Gasteiger partial charge in [0.15, 0.2) is 0 Å². The Morgan fingerprint density at radius 2 is 1.75 bits per heavy atom. The minimum atomic E-state index is -4.48. The van der Waals surface area contributed by atoms with E-state index in [1.807, 2.05) is 4.90 Å². The molecule has 4 nitrogen and oxygen atoms in total. The standard InChI is InChI=1S/C21H21F3N2O2/c1-14-4-3-11-26(13-14)20(28)16-9-7-15(8-10-16)19(27)25-18-6-2-5-17(12-18)21(22,23)24/h2,5-10,12,14H,3-4,11,13H2,1H3,(H,25,27). The zero-order chi connectivity index (χ0) is 20.3. The molecule has 0 bridgehead atoms. The third-order valence-electron chi connectivity index (χ3n) is 4.79. The van der Waals surface area contributed by atoms with E-state index in [0.717, 1.165) is 38.1 Å². The zero-order valence-electron chi connectivity index (χ0n) is 15.4. The van der Waals surface area contributed by atoms with Crippen LogP contribution in [0.2, 0.25) is 0 Å². The van der Waals surface area contributed by atoms with E-state index in [4.69, 9.17) is 0 Å². The molecule has 7 heteroatoms. The average molecular weight is 390 g/mol. The number of anilines is 1. The Balaban J connectivity index is 1.68. The summed E-state index contributed by atoms with van der Waals surface area (Å²) in [5.74, 6) is -0.142. The predicted octanol–water partition coefficient (Wildman–Crippen LogP) is 4.83. The van der Waals surface area contributed by atoms with Crippen LogP contribution in [0.4, 0.5) is 18.9 Å². The Kier molecular flexibility index (Phi) is 5.72. The number of halogens is 3. The minimum Gasteiger partial charge on any atom is -0.338 e. The summed E-state index contributed by atoms with van der Waals surface area (Å²) in [6.45, 7) is 3.55. The highest BCUT2D eigenvalue weighted by atomic mass is 19.4. The van der Waals surface area contributed by atoms with Crippen molar-refractivity contribution in [3.8, 4) is 0 Å². The Hall–Kier alpha value is -2.83. The quantitative estimate of drug-likeness (QED) is 0.816. The summed E-state index contributed by atoms with van der Waals surface area (Å²) in [7, 11) is 0. The van der Waals surface area contributed by atoms with Crippen LogP contribution in [0, 0.1) is 5.92 Å². The van der Waals surface area contributed by atoms with Crippen molar-refractivity contribution < 1.29 is 22.8 Å². The van der Waals surface area contributed by atoms with Crippen LogP contribution in [0.3, 0.4) is 0 Å². The molecule has 28 heavy (non-hydrogen) atoms. The summed E-state index contributed by atoms with van der Waals surface area (Å²) in [4.78, 5) is 26.7. The number of benzene rings is 2. The fraction of sp³-hybridized carbons (Fsp3) is 0.333. The van der Waals surface area contributed by atoms with Crippen LogP contribution in [0.25, 0.3) is 0 Å². The number of piperidine rings is 1. The van der Waals surface area contributed by atoms with Gasteiger partial charge in [-0.1, -0.05) is 13.0 Å². The van der Waals surface area contributed by atoms with Gasteiger partial charge in [-0.15, -0.1) is 0 Å². The third-order valence-corrected chi connectivity index (χ3v) is 4.79. The molecule has 2 amide bonds. The lowest BCUT2D eigenvalue weighted by atomic mass is 9.99. The first-order chi connectivity index (χ1) is 13.2. The first-order valence-electron chi connectivity index (χ1n) is 9.12. The Bertz CT molecular complexity index is 863. The number of carbonyl (C=O) groups is 2. The van der Waals surface area contributed by atoms with Gasteiger partial charge in [-0.05, 0) is 61.2 Å². The molecule has 1 unspecified atom stereocenters. The molecule has 1 N–H and O–H groups in total. The van der Waals surface area contributed by atoms with Crippen molar-refractivity contribution in [3.05, 3.63) is 65.2 Å². The monoisotopic (exact) mass is 390 g/mol. The Morgan fingerprint density at radius 3 is 2.39 bits per heavy atom. The summed E-state index contributed by atoms with van der Waals surface area (Å²) in [5, 5.41) is 2.45. The molecule has 1 heterocycles. The maximum atomic E-state index is 12.8. The van der Waals surface area contributed by atoms with Crippen molar-refractivity contribution in [3.63, 3.8) is 0 Å². The normalized spacial score (nSPS) is 17.3. The molecule has 148 valence electrons. The number of nitrogens with one attached hydrogen (secondary N) is 1. The molecule has 2 aromatic rings. The Morgan fingerprint density at radius 1 is 1.07 bits per heavy atom. The van der Waals surface area contributed by atoms with Gasteiger partial charge in [0.25, 0.3) is 11.8 Å². The van der Waals surface area contributed by atoms with Gasteiger partial charge in [0.2, 0.25) is 0 Å². The second-order valence-corrected chi connectivity index (χ2v) is 7.11. The zero-order valence-corrected chi connectivity index (χ0v) is 15.4.